The molecule has 2 heteroatoms. The van der Waals surface area contributed by atoms with Crippen molar-refractivity contribution in [1.82, 2.24) is 0 Å². The second-order valence-corrected chi connectivity index (χ2v) is 15.5. The van der Waals surface area contributed by atoms with E-state index in [1.807, 2.05) is 0 Å². The third-order valence-electron chi connectivity index (χ3n) is 10.8. The van der Waals surface area contributed by atoms with Crippen molar-refractivity contribution in [3.05, 3.63) is 119 Å². The summed E-state index contributed by atoms with van der Waals surface area (Å²) in [7, 11) is 0. The highest BCUT2D eigenvalue weighted by atomic mass is 16.5. The molecule has 0 saturated heterocycles. The van der Waals surface area contributed by atoms with Crippen LogP contribution in [-0.4, -0.2) is 13.2 Å². The summed E-state index contributed by atoms with van der Waals surface area (Å²) in [5.74, 6) is 15.4. The Kier molecular flexibility index (Phi) is 19.3. The van der Waals surface area contributed by atoms with Crippen molar-refractivity contribution < 1.29 is 9.47 Å². The minimum Gasteiger partial charge on any atom is -0.492 e. The van der Waals surface area contributed by atoms with E-state index in [-0.39, 0.29) is 0 Å². The largest absolute Gasteiger partial charge is 0.492 e. The minimum absolute atomic E-state index is 0.664. The third-order valence-corrected chi connectivity index (χ3v) is 10.8. The molecule has 56 heavy (non-hydrogen) atoms. The number of benzene rings is 5. The second kappa shape index (κ2) is 25.5. The van der Waals surface area contributed by atoms with Gasteiger partial charge in [-0.25, -0.2) is 0 Å². The van der Waals surface area contributed by atoms with Crippen molar-refractivity contribution in [2.45, 2.75) is 142 Å². The Bertz CT molecular complexity index is 1870. The Morgan fingerprint density at radius 3 is 1.05 bits per heavy atom. The molecule has 0 atom stereocenters. The van der Waals surface area contributed by atoms with Crippen LogP contribution in [0.3, 0.4) is 0 Å². The predicted octanol–water partition coefficient (Wildman–Crippen LogP) is 15.4. The monoisotopic (exact) mass is 747 g/mol. The van der Waals surface area contributed by atoms with Crippen molar-refractivity contribution in [2.24, 2.45) is 0 Å². The van der Waals surface area contributed by atoms with Gasteiger partial charge in [-0.1, -0.05) is 214 Å². The molecule has 0 spiro atoms. The lowest BCUT2D eigenvalue weighted by atomic mass is 10.0. The fourth-order valence-electron chi connectivity index (χ4n) is 7.35. The minimum atomic E-state index is 0.664. The molecule has 0 aliphatic rings. The molecule has 0 saturated carbocycles. The van der Waals surface area contributed by atoms with Crippen molar-refractivity contribution >= 4 is 21.5 Å². The lowest BCUT2D eigenvalue weighted by molar-refractivity contribution is 0.295. The smallest absolute Gasteiger partial charge is 0.136 e. The first-order chi connectivity index (χ1) is 27.7. The van der Waals surface area contributed by atoms with Crippen molar-refractivity contribution in [3.63, 3.8) is 0 Å². The number of unbranched alkanes of at least 4 members (excludes halogenated alkanes) is 18. The summed E-state index contributed by atoms with van der Waals surface area (Å²) >= 11 is 0. The van der Waals surface area contributed by atoms with E-state index in [0.29, 0.717) is 13.2 Å². The van der Waals surface area contributed by atoms with E-state index in [1.165, 1.54) is 137 Å². The van der Waals surface area contributed by atoms with E-state index in [0.717, 1.165) is 46.6 Å². The average Bonchev–Trinajstić information content (AvgIpc) is 3.23. The zero-order valence-corrected chi connectivity index (χ0v) is 34.6. The summed E-state index contributed by atoms with van der Waals surface area (Å²) in [4.78, 5) is 0. The van der Waals surface area contributed by atoms with Gasteiger partial charge in [-0.3, -0.25) is 0 Å². The number of ether oxygens (including phenoxy) is 2. The Morgan fingerprint density at radius 1 is 0.339 bits per heavy atom. The molecule has 0 unspecified atom stereocenters. The lowest BCUT2D eigenvalue weighted by Crippen LogP contribution is -2.03. The van der Waals surface area contributed by atoms with Gasteiger partial charge in [0.05, 0.1) is 24.3 Å². The first-order valence-electron chi connectivity index (χ1n) is 22.2. The summed E-state index contributed by atoms with van der Waals surface area (Å²) in [5.41, 5.74) is 3.66. The fraction of sp³-hybridized carbons (Fsp3) is 0.444. The van der Waals surface area contributed by atoms with Gasteiger partial charge in [0.2, 0.25) is 0 Å². The maximum absolute atomic E-state index is 6.56. The molecule has 0 aliphatic carbocycles. The average molecular weight is 747 g/mol. The molecular formula is C54H66O2. The maximum Gasteiger partial charge on any atom is 0.136 e. The molecule has 0 N–H and O–H groups in total. The second-order valence-electron chi connectivity index (χ2n) is 15.5. The molecule has 5 aromatic carbocycles. The Hall–Kier alpha value is -4.66. The summed E-state index contributed by atoms with van der Waals surface area (Å²) in [5, 5.41) is 4.82. The van der Waals surface area contributed by atoms with Crippen LogP contribution in [0.25, 0.3) is 21.5 Å². The van der Waals surface area contributed by atoms with Crippen molar-refractivity contribution in [2.75, 3.05) is 13.2 Å². The normalized spacial score (nSPS) is 10.9. The van der Waals surface area contributed by atoms with Crippen LogP contribution in [0.15, 0.2) is 97.1 Å². The van der Waals surface area contributed by atoms with Crippen LogP contribution in [0.4, 0.5) is 0 Å². The zero-order chi connectivity index (χ0) is 38.9. The van der Waals surface area contributed by atoms with Crippen LogP contribution in [0, 0.1) is 23.7 Å². The fourth-order valence-corrected chi connectivity index (χ4v) is 7.35. The summed E-state index contributed by atoms with van der Waals surface area (Å²) in [6.07, 6.45) is 25.9. The molecule has 5 aromatic rings. The Morgan fingerprint density at radius 2 is 0.679 bits per heavy atom. The number of rotatable bonds is 24. The van der Waals surface area contributed by atoms with Gasteiger partial charge in [0.25, 0.3) is 0 Å². The molecule has 0 aliphatic heterocycles. The van der Waals surface area contributed by atoms with E-state index >= 15 is 0 Å². The number of hydrogen-bond donors (Lipinski definition) is 0. The molecule has 0 aromatic heterocycles. The van der Waals surface area contributed by atoms with Crippen LogP contribution in [-0.2, 0) is 0 Å². The molecular weight excluding hydrogens is 681 g/mol. The topological polar surface area (TPSA) is 18.5 Å². The molecule has 294 valence electrons. The van der Waals surface area contributed by atoms with Gasteiger partial charge in [-0.05, 0) is 58.7 Å². The molecule has 0 fully saturated rings. The SMILES string of the molecule is CCCCCCCCCCCCOc1cc(C#Cc2ccc3ccccc3c2)c(OCCCCCCCCCCCC)cc1C#Cc1ccc2ccccc2c1. The molecule has 0 bridgehead atoms. The molecule has 0 amide bonds. The molecule has 2 nitrogen and oxygen atoms in total. The van der Waals surface area contributed by atoms with Crippen molar-refractivity contribution in [1.29, 1.82) is 0 Å². The van der Waals surface area contributed by atoms with Gasteiger partial charge in [0.1, 0.15) is 11.5 Å². The van der Waals surface area contributed by atoms with Gasteiger partial charge in [-0.2, -0.15) is 0 Å². The summed E-state index contributed by atoms with van der Waals surface area (Å²) in [6.45, 7) is 5.89. The van der Waals surface area contributed by atoms with Gasteiger partial charge in [-0.15, -0.1) is 0 Å². The Labute approximate surface area is 339 Å². The van der Waals surface area contributed by atoms with Crippen LogP contribution >= 0.6 is 0 Å². The van der Waals surface area contributed by atoms with E-state index < -0.39 is 0 Å². The first kappa shape index (κ1) is 42.5. The number of fused-ring (bicyclic) bond motifs is 2. The maximum atomic E-state index is 6.56. The van der Waals surface area contributed by atoms with E-state index in [9.17, 15) is 0 Å². The van der Waals surface area contributed by atoms with Gasteiger partial charge >= 0.3 is 0 Å². The van der Waals surface area contributed by atoms with Crippen LogP contribution in [0.2, 0.25) is 0 Å². The standard InChI is InChI=1S/C54H66O2/c1-3-5-7-9-11-13-15-17-19-25-39-55-53-43-52(38-34-46-32-36-48-28-22-24-30-50(48)42-46)54(56-40-26-20-18-16-14-12-10-8-6-4-2)44-51(53)37-33-45-31-35-47-27-21-23-29-49(47)41-45/h21-24,27-32,35-36,41-44H,3-20,25-26,39-40H2,1-2H3. The summed E-state index contributed by atoms with van der Waals surface area (Å²) in [6, 6.07) is 33.9. The molecule has 5 rings (SSSR count). The highest BCUT2D eigenvalue weighted by Gasteiger charge is 2.12. The van der Waals surface area contributed by atoms with E-state index in [2.05, 4.69) is 135 Å². The lowest BCUT2D eigenvalue weighted by Gasteiger charge is -2.14. The zero-order valence-electron chi connectivity index (χ0n) is 34.6. The highest BCUT2D eigenvalue weighted by molar-refractivity contribution is 5.84. The van der Waals surface area contributed by atoms with Crippen LogP contribution < -0.4 is 9.47 Å². The molecule has 0 radical (unpaired) electrons. The van der Waals surface area contributed by atoms with Crippen LogP contribution in [0.1, 0.15) is 165 Å². The summed E-state index contributed by atoms with van der Waals surface area (Å²) < 4.78 is 13.1. The van der Waals surface area contributed by atoms with Crippen molar-refractivity contribution in [3.8, 4) is 35.2 Å². The Balaban J connectivity index is 1.32. The predicted molar refractivity (Wildman–Crippen MR) is 241 cm³/mol. The third kappa shape index (κ3) is 15.1. The van der Waals surface area contributed by atoms with Gasteiger partial charge < -0.3 is 9.47 Å². The highest BCUT2D eigenvalue weighted by Crippen LogP contribution is 2.30. The van der Waals surface area contributed by atoms with Gasteiger partial charge in [0.15, 0.2) is 0 Å². The quantitative estimate of drug-likeness (QED) is 0.0462. The van der Waals surface area contributed by atoms with E-state index in [4.69, 9.17) is 9.47 Å². The first-order valence-corrected chi connectivity index (χ1v) is 22.2. The molecule has 0 heterocycles. The number of hydrogen-bond acceptors (Lipinski definition) is 2. The van der Waals surface area contributed by atoms with E-state index in [1.54, 1.807) is 0 Å². The van der Waals surface area contributed by atoms with Crippen LogP contribution in [0.5, 0.6) is 11.5 Å². The van der Waals surface area contributed by atoms with Gasteiger partial charge in [0, 0.05) is 23.3 Å².